The Balaban J connectivity index is 2.02. The number of aromatic nitrogens is 2. The van der Waals surface area contributed by atoms with Gasteiger partial charge in [-0.2, -0.15) is 4.98 Å². The number of nitrogens with zero attached hydrogens (tertiary/aromatic N) is 2. The van der Waals surface area contributed by atoms with Crippen molar-refractivity contribution < 1.29 is 4.52 Å². The van der Waals surface area contributed by atoms with Gasteiger partial charge >= 0.3 is 0 Å². The van der Waals surface area contributed by atoms with Crippen LogP contribution in [0, 0.1) is 5.92 Å². The van der Waals surface area contributed by atoms with Crippen LogP contribution in [-0.2, 0) is 0 Å². The highest BCUT2D eigenvalue weighted by Gasteiger charge is 2.25. The summed E-state index contributed by atoms with van der Waals surface area (Å²) in [5.74, 6) is 3.20. The van der Waals surface area contributed by atoms with Gasteiger partial charge in [-0.15, -0.1) is 0 Å². The minimum atomic E-state index is 0.221. The Labute approximate surface area is 103 Å². The standard InChI is InChI=1S/C13H23N3O/c1-3-10(8-14)13-15-12(16-17-13)11-6-4-9(2)5-7-11/h9-11H,3-8,14H2,1-2H3. The zero-order chi connectivity index (χ0) is 12.3. The van der Waals surface area contributed by atoms with Crippen LogP contribution in [0.2, 0.25) is 0 Å². The second-order valence-electron chi connectivity index (χ2n) is 5.29. The molecule has 1 aromatic rings. The van der Waals surface area contributed by atoms with E-state index in [-0.39, 0.29) is 5.92 Å². The molecule has 1 aliphatic rings. The normalized spacial score (nSPS) is 27.0. The fourth-order valence-electron chi connectivity index (χ4n) is 2.54. The Bertz CT molecular complexity index is 338. The molecule has 4 nitrogen and oxygen atoms in total. The van der Waals surface area contributed by atoms with E-state index in [1.807, 2.05) is 0 Å². The Morgan fingerprint density at radius 1 is 1.35 bits per heavy atom. The minimum absolute atomic E-state index is 0.221. The van der Waals surface area contributed by atoms with Crippen molar-refractivity contribution in [2.75, 3.05) is 6.54 Å². The topological polar surface area (TPSA) is 64.9 Å². The largest absolute Gasteiger partial charge is 0.339 e. The van der Waals surface area contributed by atoms with Crippen LogP contribution in [0.5, 0.6) is 0 Å². The van der Waals surface area contributed by atoms with Crippen LogP contribution in [0.4, 0.5) is 0 Å². The van der Waals surface area contributed by atoms with E-state index in [9.17, 15) is 0 Å². The third kappa shape index (κ3) is 2.86. The highest BCUT2D eigenvalue weighted by molar-refractivity contribution is 5.00. The fourth-order valence-corrected chi connectivity index (χ4v) is 2.54. The average Bonchev–Trinajstić information content (AvgIpc) is 2.81. The number of rotatable bonds is 4. The smallest absolute Gasteiger partial charge is 0.231 e. The molecule has 0 aromatic carbocycles. The van der Waals surface area contributed by atoms with Gasteiger partial charge in [-0.05, 0) is 25.2 Å². The maximum Gasteiger partial charge on any atom is 0.231 e. The van der Waals surface area contributed by atoms with Gasteiger partial charge in [0.05, 0.1) is 5.92 Å². The van der Waals surface area contributed by atoms with E-state index in [2.05, 4.69) is 24.0 Å². The summed E-state index contributed by atoms with van der Waals surface area (Å²) in [6.45, 7) is 5.00. The van der Waals surface area contributed by atoms with E-state index in [0.717, 1.165) is 24.1 Å². The molecule has 1 saturated carbocycles. The third-order valence-electron chi connectivity index (χ3n) is 3.97. The van der Waals surface area contributed by atoms with E-state index in [0.29, 0.717) is 12.5 Å². The molecule has 0 radical (unpaired) electrons. The fraction of sp³-hybridized carbons (Fsp3) is 0.846. The minimum Gasteiger partial charge on any atom is -0.339 e. The molecule has 0 amide bonds. The molecule has 0 spiro atoms. The third-order valence-corrected chi connectivity index (χ3v) is 3.97. The first-order valence-corrected chi connectivity index (χ1v) is 6.78. The number of hydrogen-bond donors (Lipinski definition) is 1. The van der Waals surface area contributed by atoms with E-state index in [4.69, 9.17) is 10.3 Å². The van der Waals surface area contributed by atoms with Crippen LogP contribution in [0.3, 0.4) is 0 Å². The molecular formula is C13H23N3O. The summed E-state index contributed by atoms with van der Waals surface area (Å²) in [4.78, 5) is 4.54. The molecule has 2 rings (SSSR count). The Hall–Kier alpha value is -0.900. The zero-order valence-corrected chi connectivity index (χ0v) is 10.9. The van der Waals surface area contributed by atoms with Gasteiger partial charge in [0, 0.05) is 12.5 Å². The maximum atomic E-state index is 5.69. The highest BCUT2D eigenvalue weighted by Crippen LogP contribution is 2.34. The Morgan fingerprint density at radius 3 is 2.65 bits per heavy atom. The summed E-state index contributed by atoms with van der Waals surface area (Å²) in [6.07, 6.45) is 5.91. The second kappa shape index (κ2) is 5.63. The van der Waals surface area contributed by atoms with Crippen LogP contribution >= 0.6 is 0 Å². The molecule has 1 aliphatic carbocycles. The Kier molecular flexibility index (Phi) is 4.15. The number of nitrogens with two attached hydrogens (primary N) is 1. The van der Waals surface area contributed by atoms with Crippen molar-refractivity contribution in [3.63, 3.8) is 0 Å². The van der Waals surface area contributed by atoms with E-state index < -0.39 is 0 Å². The molecule has 0 saturated heterocycles. The van der Waals surface area contributed by atoms with Crippen LogP contribution < -0.4 is 5.73 Å². The molecule has 17 heavy (non-hydrogen) atoms. The Morgan fingerprint density at radius 2 is 2.06 bits per heavy atom. The number of hydrogen-bond acceptors (Lipinski definition) is 4. The average molecular weight is 237 g/mol. The summed E-state index contributed by atoms with van der Waals surface area (Å²) in [5, 5.41) is 4.14. The summed E-state index contributed by atoms with van der Waals surface area (Å²) < 4.78 is 5.35. The SMILES string of the molecule is CCC(CN)c1nc(C2CCC(C)CC2)no1. The van der Waals surface area contributed by atoms with Crippen LogP contribution in [0.15, 0.2) is 4.52 Å². The lowest BCUT2D eigenvalue weighted by molar-refractivity contribution is 0.318. The summed E-state index contributed by atoms with van der Waals surface area (Å²) in [6, 6.07) is 0. The molecule has 0 bridgehead atoms. The van der Waals surface area contributed by atoms with E-state index >= 15 is 0 Å². The molecule has 1 unspecified atom stereocenters. The van der Waals surface area contributed by atoms with Gasteiger partial charge in [0.25, 0.3) is 0 Å². The highest BCUT2D eigenvalue weighted by atomic mass is 16.5. The quantitative estimate of drug-likeness (QED) is 0.874. The van der Waals surface area contributed by atoms with Crippen molar-refractivity contribution in [3.05, 3.63) is 11.7 Å². The first kappa shape index (κ1) is 12.6. The molecule has 4 heteroatoms. The zero-order valence-electron chi connectivity index (χ0n) is 10.9. The molecule has 1 heterocycles. The van der Waals surface area contributed by atoms with Crippen molar-refractivity contribution in [2.45, 2.75) is 57.8 Å². The monoisotopic (exact) mass is 237 g/mol. The molecule has 2 N–H and O–H groups in total. The van der Waals surface area contributed by atoms with Gasteiger partial charge < -0.3 is 10.3 Å². The molecule has 96 valence electrons. The van der Waals surface area contributed by atoms with Gasteiger partial charge in [0.2, 0.25) is 5.89 Å². The van der Waals surface area contributed by atoms with Gasteiger partial charge in [0.1, 0.15) is 0 Å². The van der Waals surface area contributed by atoms with Crippen molar-refractivity contribution in [3.8, 4) is 0 Å². The molecular weight excluding hydrogens is 214 g/mol. The van der Waals surface area contributed by atoms with Gasteiger partial charge in [0.15, 0.2) is 5.82 Å². The molecule has 0 aliphatic heterocycles. The van der Waals surface area contributed by atoms with Crippen molar-refractivity contribution >= 4 is 0 Å². The second-order valence-corrected chi connectivity index (χ2v) is 5.29. The summed E-state index contributed by atoms with van der Waals surface area (Å²) in [7, 11) is 0. The lowest BCUT2D eigenvalue weighted by atomic mass is 9.83. The predicted octanol–water partition coefficient (Wildman–Crippen LogP) is 2.82. The van der Waals surface area contributed by atoms with Crippen LogP contribution in [-0.4, -0.2) is 16.7 Å². The van der Waals surface area contributed by atoms with Gasteiger partial charge in [-0.1, -0.05) is 31.8 Å². The lowest BCUT2D eigenvalue weighted by Gasteiger charge is -2.23. The van der Waals surface area contributed by atoms with Crippen LogP contribution in [0.25, 0.3) is 0 Å². The van der Waals surface area contributed by atoms with E-state index in [1.54, 1.807) is 0 Å². The lowest BCUT2D eigenvalue weighted by Crippen LogP contribution is -2.13. The summed E-state index contributed by atoms with van der Waals surface area (Å²) in [5.41, 5.74) is 5.69. The van der Waals surface area contributed by atoms with E-state index in [1.165, 1.54) is 25.7 Å². The molecule has 1 atom stereocenters. The first-order chi connectivity index (χ1) is 8.24. The van der Waals surface area contributed by atoms with Crippen LogP contribution in [0.1, 0.15) is 69.5 Å². The summed E-state index contributed by atoms with van der Waals surface area (Å²) >= 11 is 0. The van der Waals surface area contributed by atoms with Gasteiger partial charge in [-0.3, -0.25) is 0 Å². The van der Waals surface area contributed by atoms with Crippen molar-refractivity contribution in [1.82, 2.24) is 10.1 Å². The first-order valence-electron chi connectivity index (χ1n) is 6.78. The van der Waals surface area contributed by atoms with Crippen molar-refractivity contribution in [1.29, 1.82) is 0 Å². The molecule has 1 aromatic heterocycles. The van der Waals surface area contributed by atoms with Gasteiger partial charge in [-0.25, -0.2) is 0 Å². The predicted molar refractivity (Wildman–Crippen MR) is 66.8 cm³/mol. The van der Waals surface area contributed by atoms with Crippen molar-refractivity contribution in [2.24, 2.45) is 11.7 Å². The molecule has 1 fully saturated rings. The maximum absolute atomic E-state index is 5.69.